The zero-order valence-electron chi connectivity index (χ0n) is 15.7. The van der Waals surface area contributed by atoms with Crippen molar-refractivity contribution in [2.24, 2.45) is 5.92 Å². The smallest absolute Gasteiger partial charge is 0.251 e. The monoisotopic (exact) mass is 366 g/mol. The summed E-state index contributed by atoms with van der Waals surface area (Å²) in [6.45, 7) is 6.13. The number of carbonyl (C=O) groups excluding carboxylic acids is 1. The summed E-state index contributed by atoms with van der Waals surface area (Å²) < 4.78 is 11.0. The first-order chi connectivity index (χ1) is 13.2. The van der Waals surface area contributed by atoms with E-state index in [4.69, 9.17) is 9.47 Å². The number of piperidine rings is 1. The minimum atomic E-state index is -0.110. The van der Waals surface area contributed by atoms with Crippen LogP contribution in [0.3, 0.4) is 0 Å². The second-order valence-corrected chi connectivity index (χ2v) is 7.40. The fourth-order valence-corrected chi connectivity index (χ4v) is 3.72. The zero-order valence-corrected chi connectivity index (χ0v) is 15.7. The highest BCUT2D eigenvalue weighted by Crippen LogP contribution is 2.30. The standard InChI is InChI=1S/C22H26N2O3/c1-16-3-2-10-24(15-16)19-7-4-17(5-8-19)14-23-22(25)18-6-9-20-21(13-18)27-12-11-26-20/h4-9,13,16H,2-3,10-12,14-15H2,1H3,(H,23,25)/t16-/m1/s1. The van der Waals surface area contributed by atoms with E-state index < -0.39 is 0 Å². The molecule has 1 fully saturated rings. The molecule has 27 heavy (non-hydrogen) atoms. The molecule has 2 aromatic carbocycles. The molecule has 142 valence electrons. The van der Waals surface area contributed by atoms with E-state index in [0.717, 1.165) is 24.6 Å². The maximum atomic E-state index is 12.4. The number of hydrogen-bond donors (Lipinski definition) is 1. The predicted octanol–water partition coefficient (Wildman–Crippen LogP) is 3.62. The Hall–Kier alpha value is -2.69. The maximum Gasteiger partial charge on any atom is 0.251 e. The average molecular weight is 366 g/mol. The lowest BCUT2D eigenvalue weighted by Crippen LogP contribution is -2.34. The molecule has 1 N–H and O–H groups in total. The summed E-state index contributed by atoms with van der Waals surface area (Å²) in [5.74, 6) is 1.97. The van der Waals surface area contributed by atoms with Crippen molar-refractivity contribution in [3.63, 3.8) is 0 Å². The topological polar surface area (TPSA) is 50.8 Å². The van der Waals surface area contributed by atoms with E-state index in [-0.39, 0.29) is 5.91 Å². The van der Waals surface area contributed by atoms with Crippen LogP contribution in [0.25, 0.3) is 0 Å². The molecular weight excluding hydrogens is 340 g/mol. The summed E-state index contributed by atoms with van der Waals surface area (Å²) in [6.07, 6.45) is 2.58. The van der Waals surface area contributed by atoms with Gasteiger partial charge in [-0.3, -0.25) is 4.79 Å². The van der Waals surface area contributed by atoms with E-state index in [1.165, 1.54) is 18.5 Å². The first-order valence-electron chi connectivity index (χ1n) is 9.71. The van der Waals surface area contributed by atoms with Crippen LogP contribution in [-0.2, 0) is 6.54 Å². The Morgan fingerprint density at radius 2 is 1.89 bits per heavy atom. The quantitative estimate of drug-likeness (QED) is 0.898. The highest BCUT2D eigenvalue weighted by molar-refractivity contribution is 5.94. The zero-order chi connectivity index (χ0) is 18.6. The molecule has 0 bridgehead atoms. The van der Waals surface area contributed by atoms with Gasteiger partial charge in [-0.1, -0.05) is 19.1 Å². The molecule has 4 rings (SSSR count). The van der Waals surface area contributed by atoms with Crippen molar-refractivity contribution in [1.82, 2.24) is 5.32 Å². The van der Waals surface area contributed by atoms with Crippen molar-refractivity contribution in [2.75, 3.05) is 31.2 Å². The summed E-state index contributed by atoms with van der Waals surface area (Å²) in [4.78, 5) is 14.9. The molecule has 5 nitrogen and oxygen atoms in total. The molecular formula is C22H26N2O3. The summed E-state index contributed by atoms with van der Waals surface area (Å²) >= 11 is 0. The van der Waals surface area contributed by atoms with Gasteiger partial charge in [0.15, 0.2) is 11.5 Å². The molecule has 5 heteroatoms. The van der Waals surface area contributed by atoms with Gasteiger partial charge >= 0.3 is 0 Å². The molecule has 0 aromatic heterocycles. The number of fused-ring (bicyclic) bond motifs is 1. The van der Waals surface area contributed by atoms with Crippen LogP contribution in [0.4, 0.5) is 5.69 Å². The lowest BCUT2D eigenvalue weighted by molar-refractivity contribution is 0.0949. The van der Waals surface area contributed by atoms with E-state index in [9.17, 15) is 4.79 Å². The van der Waals surface area contributed by atoms with Crippen molar-refractivity contribution >= 4 is 11.6 Å². The number of hydrogen-bond acceptors (Lipinski definition) is 4. The molecule has 2 aromatic rings. The Morgan fingerprint density at radius 3 is 2.67 bits per heavy atom. The van der Waals surface area contributed by atoms with Crippen LogP contribution in [0.1, 0.15) is 35.7 Å². The lowest BCUT2D eigenvalue weighted by Gasteiger charge is -2.32. The molecule has 0 radical (unpaired) electrons. The number of benzene rings is 2. The number of anilines is 1. The Kier molecular flexibility index (Phi) is 5.19. The molecule has 1 saturated heterocycles. The van der Waals surface area contributed by atoms with Crippen molar-refractivity contribution in [3.8, 4) is 11.5 Å². The third-order valence-electron chi connectivity index (χ3n) is 5.22. The molecule has 2 heterocycles. The summed E-state index contributed by atoms with van der Waals surface area (Å²) in [6, 6.07) is 13.8. The third-order valence-corrected chi connectivity index (χ3v) is 5.22. The highest BCUT2D eigenvalue weighted by Gasteiger charge is 2.17. The van der Waals surface area contributed by atoms with Gasteiger partial charge in [-0.05, 0) is 54.7 Å². The van der Waals surface area contributed by atoms with Crippen molar-refractivity contribution in [3.05, 3.63) is 53.6 Å². The number of nitrogens with one attached hydrogen (secondary N) is 1. The fraction of sp³-hybridized carbons (Fsp3) is 0.409. The van der Waals surface area contributed by atoms with Crippen LogP contribution in [0.2, 0.25) is 0 Å². The van der Waals surface area contributed by atoms with Gasteiger partial charge in [0, 0.05) is 30.9 Å². The van der Waals surface area contributed by atoms with Gasteiger partial charge in [-0.15, -0.1) is 0 Å². The summed E-state index contributed by atoms with van der Waals surface area (Å²) in [5, 5.41) is 2.98. The lowest BCUT2D eigenvalue weighted by atomic mass is 9.99. The first-order valence-corrected chi connectivity index (χ1v) is 9.71. The molecule has 0 saturated carbocycles. The Bertz CT molecular complexity index is 804. The number of rotatable bonds is 4. The van der Waals surface area contributed by atoms with Gasteiger partial charge in [0.2, 0.25) is 0 Å². The van der Waals surface area contributed by atoms with Gasteiger partial charge in [0.1, 0.15) is 13.2 Å². The van der Waals surface area contributed by atoms with Crippen molar-refractivity contribution in [1.29, 1.82) is 0 Å². The maximum absolute atomic E-state index is 12.4. The highest BCUT2D eigenvalue weighted by atomic mass is 16.6. The molecule has 0 aliphatic carbocycles. The van der Waals surface area contributed by atoms with Crippen LogP contribution in [-0.4, -0.2) is 32.2 Å². The Morgan fingerprint density at radius 1 is 1.11 bits per heavy atom. The summed E-state index contributed by atoms with van der Waals surface area (Å²) in [5.41, 5.74) is 2.94. The number of amides is 1. The molecule has 2 aliphatic heterocycles. The molecule has 2 aliphatic rings. The third kappa shape index (κ3) is 4.18. The van der Waals surface area contributed by atoms with Crippen LogP contribution < -0.4 is 19.7 Å². The van der Waals surface area contributed by atoms with E-state index in [1.54, 1.807) is 18.2 Å². The van der Waals surface area contributed by atoms with E-state index >= 15 is 0 Å². The average Bonchev–Trinajstić information content (AvgIpc) is 2.72. The van der Waals surface area contributed by atoms with Crippen LogP contribution in [0.15, 0.2) is 42.5 Å². The number of nitrogens with zero attached hydrogens (tertiary/aromatic N) is 1. The van der Waals surface area contributed by atoms with Crippen LogP contribution in [0.5, 0.6) is 11.5 Å². The molecule has 0 unspecified atom stereocenters. The minimum absolute atomic E-state index is 0.110. The van der Waals surface area contributed by atoms with Crippen LogP contribution in [0, 0.1) is 5.92 Å². The Balaban J connectivity index is 1.35. The van der Waals surface area contributed by atoms with Gasteiger partial charge in [0.05, 0.1) is 0 Å². The van der Waals surface area contributed by atoms with Crippen molar-refractivity contribution < 1.29 is 14.3 Å². The van der Waals surface area contributed by atoms with Gasteiger partial charge in [-0.2, -0.15) is 0 Å². The second kappa shape index (κ2) is 7.91. The van der Waals surface area contributed by atoms with E-state index in [2.05, 4.69) is 41.4 Å². The predicted molar refractivity (Wildman–Crippen MR) is 106 cm³/mol. The largest absolute Gasteiger partial charge is 0.486 e. The normalized spacial score (nSPS) is 18.9. The van der Waals surface area contributed by atoms with Gasteiger partial charge in [0.25, 0.3) is 5.91 Å². The van der Waals surface area contributed by atoms with E-state index in [0.29, 0.717) is 36.8 Å². The second-order valence-electron chi connectivity index (χ2n) is 7.40. The van der Waals surface area contributed by atoms with E-state index in [1.807, 2.05) is 0 Å². The fourth-order valence-electron chi connectivity index (χ4n) is 3.72. The molecule has 0 spiro atoms. The number of carbonyl (C=O) groups is 1. The first kappa shape index (κ1) is 17.7. The van der Waals surface area contributed by atoms with Gasteiger partial charge < -0.3 is 19.7 Å². The minimum Gasteiger partial charge on any atom is -0.486 e. The summed E-state index contributed by atoms with van der Waals surface area (Å²) in [7, 11) is 0. The van der Waals surface area contributed by atoms with Gasteiger partial charge in [-0.25, -0.2) is 0 Å². The number of ether oxygens (including phenoxy) is 2. The van der Waals surface area contributed by atoms with Crippen molar-refractivity contribution in [2.45, 2.75) is 26.3 Å². The molecule has 1 amide bonds. The van der Waals surface area contributed by atoms with Crippen LogP contribution >= 0.6 is 0 Å². The Labute approximate surface area is 160 Å². The molecule has 1 atom stereocenters. The SMILES string of the molecule is C[C@@H]1CCCN(c2ccc(CNC(=O)c3ccc4c(c3)OCCO4)cc2)C1.